The van der Waals surface area contributed by atoms with Crippen molar-refractivity contribution < 1.29 is 0 Å². The molecule has 3 nitrogen and oxygen atoms in total. The lowest BCUT2D eigenvalue weighted by atomic mass is 9.88. The Kier molecular flexibility index (Phi) is 2.10. The molecule has 2 heterocycles. The Labute approximate surface area is 108 Å². The first-order valence-electron chi connectivity index (χ1n) is 6.31. The third-order valence-corrected chi connectivity index (χ3v) is 4.85. The van der Waals surface area contributed by atoms with E-state index in [-0.39, 0.29) is 0 Å². The Hall–Kier alpha value is -0.900. The molecule has 2 aliphatic carbocycles. The fourth-order valence-electron chi connectivity index (χ4n) is 3.65. The maximum absolute atomic E-state index is 4.67. The summed E-state index contributed by atoms with van der Waals surface area (Å²) in [6.07, 6.45) is 7.38. The standard InChI is InChI=1S/C13H14BrN3/c14-9-5-11-13(15-6-9)17-12(16-11)10-4-7-1-2-8(10)3-7/h5-8,10H,1-4H2,(H,15,16,17). The molecule has 3 atom stereocenters. The van der Waals surface area contributed by atoms with Crippen molar-refractivity contribution in [2.75, 3.05) is 0 Å². The summed E-state index contributed by atoms with van der Waals surface area (Å²) in [6.45, 7) is 0. The zero-order chi connectivity index (χ0) is 11.4. The molecule has 2 aliphatic rings. The summed E-state index contributed by atoms with van der Waals surface area (Å²) in [4.78, 5) is 12.5. The second-order valence-corrected chi connectivity index (χ2v) is 6.34. The van der Waals surface area contributed by atoms with Crippen molar-refractivity contribution in [3.63, 3.8) is 0 Å². The van der Waals surface area contributed by atoms with Gasteiger partial charge in [-0.3, -0.25) is 0 Å². The molecule has 4 rings (SSSR count). The monoisotopic (exact) mass is 291 g/mol. The third-order valence-electron chi connectivity index (χ3n) is 4.41. The van der Waals surface area contributed by atoms with Crippen molar-refractivity contribution in [3.8, 4) is 0 Å². The largest absolute Gasteiger partial charge is 0.340 e. The summed E-state index contributed by atoms with van der Waals surface area (Å²) in [7, 11) is 0. The Balaban J connectivity index is 1.76. The third kappa shape index (κ3) is 1.53. The van der Waals surface area contributed by atoms with E-state index in [0.717, 1.165) is 33.3 Å². The van der Waals surface area contributed by atoms with Gasteiger partial charge < -0.3 is 4.98 Å². The maximum atomic E-state index is 4.67. The molecule has 2 saturated carbocycles. The Morgan fingerprint density at radius 1 is 1.29 bits per heavy atom. The first-order valence-corrected chi connectivity index (χ1v) is 7.10. The highest BCUT2D eigenvalue weighted by atomic mass is 79.9. The summed E-state index contributed by atoms with van der Waals surface area (Å²) in [5, 5.41) is 0. The zero-order valence-electron chi connectivity index (χ0n) is 9.49. The Bertz CT molecular complexity index is 577. The molecule has 3 unspecified atom stereocenters. The van der Waals surface area contributed by atoms with E-state index in [4.69, 9.17) is 0 Å². The number of pyridine rings is 1. The van der Waals surface area contributed by atoms with Crippen molar-refractivity contribution in [1.82, 2.24) is 15.0 Å². The number of rotatable bonds is 1. The minimum atomic E-state index is 0.654. The van der Waals surface area contributed by atoms with Crippen LogP contribution in [-0.2, 0) is 0 Å². The lowest BCUT2D eigenvalue weighted by molar-refractivity contribution is 0.408. The molecule has 0 spiro atoms. The molecule has 0 amide bonds. The van der Waals surface area contributed by atoms with Crippen molar-refractivity contribution in [3.05, 3.63) is 22.6 Å². The van der Waals surface area contributed by atoms with E-state index in [2.05, 4.69) is 36.9 Å². The van der Waals surface area contributed by atoms with E-state index in [1.807, 2.05) is 6.20 Å². The number of fused-ring (bicyclic) bond motifs is 3. The van der Waals surface area contributed by atoms with Crippen LogP contribution in [0.3, 0.4) is 0 Å². The lowest BCUT2D eigenvalue weighted by Crippen LogP contribution is -2.09. The molecule has 0 aliphatic heterocycles. The molecule has 2 bridgehead atoms. The molecule has 0 aromatic carbocycles. The predicted octanol–water partition coefficient (Wildman–Crippen LogP) is 3.62. The number of nitrogens with one attached hydrogen (secondary N) is 1. The van der Waals surface area contributed by atoms with Crippen LogP contribution in [0.4, 0.5) is 0 Å². The number of hydrogen-bond acceptors (Lipinski definition) is 2. The van der Waals surface area contributed by atoms with E-state index in [1.165, 1.54) is 25.7 Å². The number of hydrogen-bond donors (Lipinski definition) is 1. The molecular formula is C13H14BrN3. The molecule has 2 aromatic rings. The van der Waals surface area contributed by atoms with Gasteiger partial charge in [-0.15, -0.1) is 0 Å². The van der Waals surface area contributed by atoms with Crippen LogP contribution in [0.25, 0.3) is 11.2 Å². The highest BCUT2D eigenvalue weighted by Crippen LogP contribution is 2.52. The number of imidazole rings is 1. The first kappa shape index (κ1) is 10.1. The quantitative estimate of drug-likeness (QED) is 0.872. The van der Waals surface area contributed by atoms with E-state index in [0.29, 0.717) is 5.92 Å². The average molecular weight is 292 g/mol. The molecule has 88 valence electrons. The minimum Gasteiger partial charge on any atom is -0.340 e. The van der Waals surface area contributed by atoms with E-state index in [1.54, 1.807) is 0 Å². The van der Waals surface area contributed by atoms with Gasteiger partial charge in [0.2, 0.25) is 0 Å². The van der Waals surface area contributed by atoms with Crippen LogP contribution in [0, 0.1) is 11.8 Å². The highest BCUT2D eigenvalue weighted by molar-refractivity contribution is 9.10. The second-order valence-electron chi connectivity index (χ2n) is 5.43. The average Bonchev–Trinajstić information content (AvgIpc) is 3.01. The highest BCUT2D eigenvalue weighted by Gasteiger charge is 2.41. The predicted molar refractivity (Wildman–Crippen MR) is 69.8 cm³/mol. The molecule has 17 heavy (non-hydrogen) atoms. The molecular weight excluding hydrogens is 278 g/mol. The van der Waals surface area contributed by atoms with Crippen LogP contribution in [0.1, 0.15) is 37.4 Å². The van der Waals surface area contributed by atoms with Crippen LogP contribution in [0.5, 0.6) is 0 Å². The molecule has 4 heteroatoms. The molecule has 2 aromatic heterocycles. The maximum Gasteiger partial charge on any atom is 0.177 e. The van der Waals surface area contributed by atoms with Gasteiger partial charge in [0, 0.05) is 16.6 Å². The summed E-state index contributed by atoms with van der Waals surface area (Å²) in [6, 6.07) is 2.06. The van der Waals surface area contributed by atoms with Gasteiger partial charge >= 0.3 is 0 Å². The lowest BCUT2D eigenvalue weighted by Gasteiger charge is -2.18. The first-order chi connectivity index (χ1) is 8.29. The fraction of sp³-hybridized carbons (Fsp3) is 0.538. The Morgan fingerprint density at radius 2 is 2.24 bits per heavy atom. The SMILES string of the molecule is Brc1cnc2nc(C3CC4CCC3C4)[nH]c2c1. The smallest absolute Gasteiger partial charge is 0.177 e. The summed E-state index contributed by atoms with van der Waals surface area (Å²) in [5.41, 5.74) is 1.91. The number of aromatic amines is 1. The molecule has 0 saturated heterocycles. The molecule has 2 fully saturated rings. The van der Waals surface area contributed by atoms with E-state index < -0.39 is 0 Å². The van der Waals surface area contributed by atoms with Crippen LogP contribution in [0.15, 0.2) is 16.7 Å². The van der Waals surface area contributed by atoms with Gasteiger partial charge in [0.25, 0.3) is 0 Å². The zero-order valence-corrected chi connectivity index (χ0v) is 11.1. The van der Waals surface area contributed by atoms with Crippen molar-refractivity contribution >= 4 is 27.1 Å². The summed E-state index contributed by atoms with van der Waals surface area (Å²) < 4.78 is 1.01. The molecule has 0 radical (unpaired) electrons. The van der Waals surface area contributed by atoms with Crippen molar-refractivity contribution in [1.29, 1.82) is 0 Å². The topological polar surface area (TPSA) is 41.6 Å². The van der Waals surface area contributed by atoms with E-state index >= 15 is 0 Å². The van der Waals surface area contributed by atoms with E-state index in [9.17, 15) is 0 Å². The number of aromatic nitrogens is 3. The number of halogens is 1. The molecule has 1 N–H and O–H groups in total. The minimum absolute atomic E-state index is 0.654. The van der Waals surface area contributed by atoms with Crippen LogP contribution in [0.2, 0.25) is 0 Å². The Morgan fingerprint density at radius 3 is 3.00 bits per heavy atom. The second kappa shape index (κ2) is 3.55. The fourth-order valence-corrected chi connectivity index (χ4v) is 3.98. The van der Waals surface area contributed by atoms with Crippen LogP contribution in [-0.4, -0.2) is 15.0 Å². The normalized spacial score (nSPS) is 31.5. The number of H-pyrrole nitrogens is 1. The van der Waals surface area contributed by atoms with Gasteiger partial charge in [-0.2, -0.15) is 0 Å². The van der Waals surface area contributed by atoms with Crippen LogP contribution < -0.4 is 0 Å². The van der Waals surface area contributed by atoms with Crippen LogP contribution >= 0.6 is 15.9 Å². The van der Waals surface area contributed by atoms with Gasteiger partial charge in [0.1, 0.15) is 5.82 Å². The van der Waals surface area contributed by atoms with Crippen molar-refractivity contribution in [2.45, 2.75) is 31.6 Å². The number of nitrogens with zero attached hydrogens (tertiary/aromatic N) is 2. The summed E-state index contributed by atoms with van der Waals surface area (Å²) in [5.74, 6) is 3.64. The van der Waals surface area contributed by atoms with Gasteiger partial charge in [-0.05, 0) is 53.1 Å². The van der Waals surface area contributed by atoms with Gasteiger partial charge in [-0.25, -0.2) is 9.97 Å². The van der Waals surface area contributed by atoms with Crippen molar-refractivity contribution in [2.24, 2.45) is 11.8 Å². The van der Waals surface area contributed by atoms with Gasteiger partial charge in [0.05, 0.1) is 5.52 Å². The summed E-state index contributed by atoms with van der Waals surface area (Å²) >= 11 is 3.45. The van der Waals surface area contributed by atoms with Gasteiger partial charge in [-0.1, -0.05) is 6.42 Å². The van der Waals surface area contributed by atoms with Gasteiger partial charge in [0.15, 0.2) is 5.65 Å².